The summed E-state index contributed by atoms with van der Waals surface area (Å²) in [5.74, 6) is 0.821. The van der Waals surface area contributed by atoms with Crippen LogP contribution in [0.3, 0.4) is 0 Å². The predicted molar refractivity (Wildman–Crippen MR) is 64.6 cm³/mol. The quantitative estimate of drug-likeness (QED) is 0.890. The first-order chi connectivity index (χ1) is 7.02. The predicted octanol–water partition coefficient (Wildman–Crippen LogP) is 2.53. The van der Waals surface area contributed by atoms with Gasteiger partial charge in [-0.1, -0.05) is 6.92 Å². The van der Waals surface area contributed by atoms with E-state index in [-0.39, 0.29) is 11.7 Å². The third-order valence-electron chi connectivity index (χ3n) is 2.52. The summed E-state index contributed by atoms with van der Waals surface area (Å²) in [4.78, 5) is 0. The van der Waals surface area contributed by atoms with Crippen LogP contribution in [0.4, 0.5) is 0 Å². The van der Waals surface area contributed by atoms with Crippen molar-refractivity contribution in [1.82, 2.24) is 0 Å². The summed E-state index contributed by atoms with van der Waals surface area (Å²) in [5.41, 5.74) is 7.73. The third kappa shape index (κ3) is 2.26. The number of phenolic OH excluding ortho intramolecular Hbond substituents is 1. The van der Waals surface area contributed by atoms with Crippen molar-refractivity contribution in [2.45, 2.75) is 19.8 Å². The largest absolute Gasteiger partial charge is 0.503 e. The molecule has 0 heterocycles. The zero-order chi connectivity index (χ0) is 11.6. The van der Waals surface area contributed by atoms with Gasteiger partial charge in [0.25, 0.3) is 0 Å². The number of ether oxygens (including phenoxy) is 1. The van der Waals surface area contributed by atoms with Crippen LogP contribution in [0.5, 0.6) is 11.5 Å². The number of aromatic hydroxyl groups is 1. The Balaban J connectivity index is 3.35. The fourth-order valence-electron chi connectivity index (χ4n) is 1.63. The maximum Gasteiger partial charge on any atom is 0.172 e. The number of nitrogens with two attached hydrogens (primary N) is 1. The topological polar surface area (TPSA) is 55.5 Å². The number of methoxy groups -OCH3 is 1. The Kier molecular flexibility index (Phi) is 3.99. The summed E-state index contributed by atoms with van der Waals surface area (Å²) in [6.07, 6.45) is 0. The Morgan fingerprint density at radius 1 is 1.60 bits per heavy atom. The van der Waals surface area contributed by atoms with E-state index in [4.69, 9.17) is 10.5 Å². The van der Waals surface area contributed by atoms with Crippen molar-refractivity contribution in [1.29, 1.82) is 0 Å². The summed E-state index contributed by atoms with van der Waals surface area (Å²) in [6.45, 7) is 4.55. The van der Waals surface area contributed by atoms with Crippen LogP contribution in [0, 0.1) is 6.92 Å². The third-order valence-corrected chi connectivity index (χ3v) is 3.32. The zero-order valence-electron chi connectivity index (χ0n) is 9.17. The van der Waals surface area contributed by atoms with E-state index in [0.717, 1.165) is 11.1 Å². The molecule has 15 heavy (non-hydrogen) atoms. The van der Waals surface area contributed by atoms with Crippen LogP contribution in [-0.4, -0.2) is 18.8 Å². The fourth-order valence-corrected chi connectivity index (χ4v) is 2.53. The van der Waals surface area contributed by atoms with Crippen LogP contribution >= 0.6 is 15.9 Å². The molecule has 0 aliphatic rings. The van der Waals surface area contributed by atoms with E-state index in [9.17, 15) is 5.11 Å². The van der Waals surface area contributed by atoms with E-state index in [1.807, 2.05) is 19.9 Å². The second-order valence-corrected chi connectivity index (χ2v) is 4.40. The normalized spacial score (nSPS) is 12.6. The molecular weight excluding hydrogens is 258 g/mol. The van der Waals surface area contributed by atoms with Crippen LogP contribution in [0.15, 0.2) is 10.5 Å². The lowest BCUT2D eigenvalue weighted by Crippen LogP contribution is -2.11. The monoisotopic (exact) mass is 273 g/mol. The second kappa shape index (κ2) is 4.86. The molecule has 0 amide bonds. The van der Waals surface area contributed by atoms with Crippen molar-refractivity contribution in [2.75, 3.05) is 13.7 Å². The minimum Gasteiger partial charge on any atom is -0.503 e. The van der Waals surface area contributed by atoms with Gasteiger partial charge < -0.3 is 15.6 Å². The summed E-state index contributed by atoms with van der Waals surface area (Å²) >= 11 is 3.38. The average Bonchev–Trinajstić information content (AvgIpc) is 2.23. The number of benzene rings is 1. The minimum absolute atomic E-state index is 0.137. The highest BCUT2D eigenvalue weighted by Crippen LogP contribution is 2.41. The minimum atomic E-state index is 0.137. The molecule has 1 aromatic rings. The van der Waals surface area contributed by atoms with Gasteiger partial charge in [0.15, 0.2) is 11.5 Å². The zero-order valence-corrected chi connectivity index (χ0v) is 10.8. The summed E-state index contributed by atoms with van der Waals surface area (Å²) < 4.78 is 5.74. The molecular formula is C11H16BrNO2. The van der Waals surface area contributed by atoms with Crippen LogP contribution in [0.1, 0.15) is 24.0 Å². The molecule has 0 fully saturated rings. The smallest absolute Gasteiger partial charge is 0.172 e. The molecule has 0 aliphatic heterocycles. The molecule has 1 aromatic carbocycles. The molecule has 1 atom stereocenters. The van der Waals surface area contributed by atoms with Gasteiger partial charge in [0.1, 0.15) is 0 Å². The number of hydrogen-bond donors (Lipinski definition) is 2. The highest BCUT2D eigenvalue weighted by molar-refractivity contribution is 9.10. The average molecular weight is 274 g/mol. The van der Waals surface area contributed by atoms with Gasteiger partial charge in [-0.25, -0.2) is 0 Å². The van der Waals surface area contributed by atoms with Gasteiger partial charge in [0, 0.05) is 0 Å². The summed E-state index contributed by atoms with van der Waals surface area (Å²) in [5, 5.41) is 9.83. The van der Waals surface area contributed by atoms with Gasteiger partial charge in [-0.2, -0.15) is 0 Å². The van der Waals surface area contributed by atoms with E-state index in [2.05, 4.69) is 15.9 Å². The summed E-state index contributed by atoms with van der Waals surface area (Å²) in [7, 11) is 1.53. The second-order valence-electron chi connectivity index (χ2n) is 3.61. The molecule has 0 radical (unpaired) electrons. The molecule has 0 saturated heterocycles. The van der Waals surface area contributed by atoms with Crippen LogP contribution in [0.2, 0.25) is 0 Å². The molecule has 0 aromatic heterocycles. The van der Waals surface area contributed by atoms with Crippen molar-refractivity contribution in [3.8, 4) is 11.5 Å². The highest BCUT2D eigenvalue weighted by atomic mass is 79.9. The molecule has 3 nitrogen and oxygen atoms in total. The van der Waals surface area contributed by atoms with Crippen molar-refractivity contribution < 1.29 is 9.84 Å². The van der Waals surface area contributed by atoms with Crippen molar-refractivity contribution in [2.24, 2.45) is 5.73 Å². The van der Waals surface area contributed by atoms with Gasteiger partial charge in [-0.05, 0) is 52.5 Å². The first-order valence-corrected chi connectivity index (χ1v) is 5.58. The number of halogens is 1. The fraction of sp³-hybridized carbons (Fsp3) is 0.455. The van der Waals surface area contributed by atoms with E-state index < -0.39 is 0 Å². The standard InChI is InChI=1S/C11H16BrNO2/c1-6-4-8(15-3)11(14)10(12)9(6)7(2)5-13/h4,7,14H,5,13H2,1-3H3. The van der Waals surface area contributed by atoms with Gasteiger partial charge in [0.05, 0.1) is 11.6 Å². The Hall–Kier alpha value is -0.740. The molecule has 4 heteroatoms. The van der Waals surface area contributed by atoms with E-state index in [0.29, 0.717) is 16.8 Å². The molecule has 0 saturated carbocycles. The van der Waals surface area contributed by atoms with Crippen LogP contribution < -0.4 is 10.5 Å². The van der Waals surface area contributed by atoms with Crippen molar-refractivity contribution in [3.63, 3.8) is 0 Å². The van der Waals surface area contributed by atoms with E-state index in [1.54, 1.807) is 0 Å². The van der Waals surface area contributed by atoms with Crippen LogP contribution in [-0.2, 0) is 0 Å². The molecule has 1 unspecified atom stereocenters. The highest BCUT2D eigenvalue weighted by Gasteiger charge is 2.17. The Bertz CT molecular complexity index is 366. The van der Waals surface area contributed by atoms with E-state index >= 15 is 0 Å². The summed E-state index contributed by atoms with van der Waals surface area (Å²) in [6, 6.07) is 1.82. The lowest BCUT2D eigenvalue weighted by atomic mass is 9.96. The molecule has 84 valence electrons. The number of aryl methyl sites for hydroxylation is 1. The molecule has 0 aliphatic carbocycles. The van der Waals surface area contributed by atoms with Gasteiger partial charge in [0.2, 0.25) is 0 Å². The number of hydrogen-bond acceptors (Lipinski definition) is 3. The maximum absolute atomic E-state index is 9.83. The Labute approximate surface area is 98.4 Å². The van der Waals surface area contributed by atoms with Crippen molar-refractivity contribution >= 4 is 15.9 Å². The molecule has 3 N–H and O–H groups in total. The Morgan fingerprint density at radius 3 is 2.67 bits per heavy atom. The first-order valence-electron chi connectivity index (χ1n) is 4.78. The maximum atomic E-state index is 9.83. The molecule has 1 rings (SSSR count). The molecule has 0 spiro atoms. The van der Waals surface area contributed by atoms with Crippen LogP contribution in [0.25, 0.3) is 0 Å². The number of phenols is 1. The SMILES string of the molecule is COc1cc(C)c(C(C)CN)c(Br)c1O. The van der Waals surface area contributed by atoms with Gasteiger partial charge in [-0.3, -0.25) is 0 Å². The lowest BCUT2D eigenvalue weighted by molar-refractivity contribution is 0.370. The Morgan fingerprint density at radius 2 is 2.20 bits per heavy atom. The number of rotatable bonds is 3. The van der Waals surface area contributed by atoms with E-state index in [1.165, 1.54) is 7.11 Å². The first kappa shape index (κ1) is 12.3. The van der Waals surface area contributed by atoms with Gasteiger partial charge in [-0.15, -0.1) is 0 Å². The van der Waals surface area contributed by atoms with Crippen molar-refractivity contribution in [3.05, 3.63) is 21.7 Å². The van der Waals surface area contributed by atoms with Gasteiger partial charge >= 0.3 is 0 Å². The molecule has 0 bridgehead atoms. The lowest BCUT2D eigenvalue weighted by Gasteiger charge is -2.17.